The first-order valence-electron chi connectivity index (χ1n) is 7.03. The molecule has 0 fully saturated rings. The molecule has 21 heavy (non-hydrogen) atoms. The van der Waals surface area contributed by atoms with Crippen molar-refractivity contribution in [3.8, 4) is 0 Å². The summed E-state index contributed by atoms with van der Waals surface area (Å²) < 4.78 is 0. The van der Waals surface area contributed by atoms with E-state index in [2.05, 4.69) is 40.0 Å². The first kappa shape index (κ1) is 13.9. The van der Waals surface area contributed by atoms with Gasteiger partial charge in [-0.25, -0.2) is 0 Å². The summed E-state index contributed by atoms with van der Waals surface area (Å²) in [7, 11) is 0. The topological polar surface area (TPSA) is 61.5 Å². The van der Waals surface area contributed by atoms with E-state index in [4.69, 9.17) is 0 Å². The van der Waals surface area contributed by atoms with Crippen LogP contribution in [0.15, 0.2) is 48.0 Å². The Balaban J connectivity index is 1.43. The lowest BCUT2D eigenvalue weighted by molar-refractivity contribution is -0.668. The lowest BCUT2D eigenvalue weighted by atomic mass is 10.2. The summed E-state index contributed by atoms with van der Waals surface area (Å²) >= 11 is 1.47. The van der Waals surface area contributed by atoms with Crippen LogP contribution in [0.4, 0.5) is 0 Å². The van der Waals surface area contributed by atoms with E-state index in [1.165, 1.54) is 27.8 Å². The van der Waals surface area contributed by atoms with Gasteiger partial charge in [-0.15, -0.1) is 11.3 Å². The van der Waals surface area contributed by atoms with Gasteiger partial charge in [-0.1, -0.05) is 24.3 Å². The molecule has 2 heterocycles. The summed E-state index contributed by atoms with van der Waals surface area (Å²) in [5.41, 5.74) is 2.47. The van der Waals surface area contributed by atoms with Crippen LogP contribution < -0.4 is 10.6 Å². The number of quaternary nitrogens is 1. The first-order chi connectivity index (χ1) is 10.3. The van der Waals surface area contributed by atoms with Crippen molar-refractivity contribution in [2.24, 2.45) is 0 Å². The minimum Gasteiger partial charge on any atom is -0.361 e. The maximum Gasteiger partial charge on any atom is 0.261 e. The number of aromatic nitrogens is 1. The summed E-state index contributed by atoms with van der Waals surface area (Å²) in [5.74, 6) is 0.0190. The number of H-pyrrole nitrogens is 1. The van der Waals surface area contributed by atoms with E-state index in [1.807, 2.05) is 23.6 Å². The van der Waals surface area contributed by atoms with Crippen LogP contribution in [0.25, 0.3) is 10.9 Å². The Morgan fingerprint density at radius 1 is 1.24 bits per heavy atom. The summed E-state index contributed by atoms with van der Waals surface area (Å²) in [5, 5.41) is 8.34. The zero-order chi connectivity index (χ0) is 14.5. The van der Waals surface area contributed by atoms with E-state index in [-0.39, 0.29) is 5.91 Å². The number of hydrogen-bond acceptors (Lipinski definition) is 2. The summed E-state index contributed by atoms with van der Waals surface area (Å²) in [6.07, 6.45) is 2.06. The van der Waals surface area contributed by atoms with Crippen LogP contribution in [-0.4, -0.2) is 24.0 Å². The molecule has 3 rings (SSSR count). The SMILES string of the molecule is O=C(NCC[NH2+]Cc1c[nH]c2ccccc12)c1cccs1. The van der Waals surface area contributed by atoms with Gasteiger partial charge in [0.15, 0.2) is 0 Å². The molecule has 4 nitrogen and oxygen atoms in total. The second kappa shape index (κ2) is 6.56. The van der Waals surface area contributed by atoms with E-state index in [0.29, 0.717) is 6.54 Å². The maximum atomic E-state index is 11.8. The van der Waals surface area contributed by atoms with Gasteiger partial charge >= 0.3 is 0 Å². The summed E-state index contributed by atoms with van der Waals surface area (Å²) in [4.78, 5) is 15.8. The van der Waals surface area contributed by atoms with Crippen molar-refractivity contribution in [2.45, 2.75) is 6.54 Å². The lowest BCUT2D eigenvalue weighted by Crippen LogP contribution is -2.84. The fourth-order valence-electron chi connectivity index (χ4n) is 2.34. The summed E-state index contributed by atoms with van der Waals surface area (Å²) in [6, 6.07) is 12.0. The van der Waals surface area contributed by atoms with Crippen molar-refractivity contribution in [2.75, 3.05) is 13.1 Å². The standard InChI is InChI=1S/C16H17N3OS/c20-16(15-6-3-9-21-15)18-8-7-17-10-12-11-19-14-5-2-1-4-13(12)14/h1-6,9,11,17,19H,7-8,10H2,(H,18,20)/p+1. The van der Waals surface area contributed by atoms with Crippen molar-refractivity contribution >= 4 is 28.1 Å². The minimum absolute atomic E-state index is 0.0190. The van der Waals surface area contributed by atoms with Gasteiger partial charge in [-0.05, 0) is 17.5 Å². The molecule has 0 radical (unpaired) electrons. The number of carbonyl (C=O) groups is 1. The molecule has 0 unspecified atom stereocenters. The second-order valence-corrected chi connectivity index (χ2v) is 5.82. The van der Waals surface area contributed by atoms with Crippen LogP contribution in [0.1, 0.15) is 15.2 Å². The highest BCUT2D eigenvalue weighted by atomic mass is 32.1. The molecule has 0 aliphatic rings. The molecule has 5 heteroatoms. The molecule has 0 spiro atoms. The molecule has 1 aromatic carbocycles. The molecule has 108 valence electrons. The van der Waals surface area contributed by atoms with E-state index in [9.17, 15) is 4.79 Å². The smallest absolute Gasteiger partial charge is 0.261 e. The number of nitrogens with two attached hydrogens (primary N) is 1. The number of fused-ring (bicyclic) bond motifs is 1. The molecule has 0 bridgehead atoms. The number of para-hydroxylation sites is 1. The van der Waals surface area contributed by atoms with Gasteiger partial charge in [0.25, 0.3) is 5.91 Å². The van der Waals surface area contributed by atoms with Crippen molar-refractivity contribution in [3.05, 3.63) is 58.4 Å². The van der Waals surface area contributed by atoms with E-state index < -0.39 is 0 Å². The molecular weight excluding hydrogens is 282 g/mol. The average molecular weight is 300 g/mol. The van der Waals surface area contributed by atoms with Crippen LogP contribution in [0.5, 0.6) is 0 Å². The third-order valence-corrected chi connectivity index (χ3v) is 4.29. The second-order valence-electron chi connectivity index (χ2n) is 4.87. The Bertz CT molecular complexity index is 718. The van der Waals surface area contributed by atoms with Gasteiger partial charge in [0.2, 0.25) is 0 Å². The predicted molar refractivity (Wildman–Crippen MR) is 85.4 cm³/mol. The van der Waals surface area contributed by atoms with E-state index >= 15 is 0 Å². The molecule has 0 saturated carbocycles. The minimum atomic E-state index is 0.0190. The Hall–Kier alpha value is -2.11. The Kier molecular flexibility index (Phi) is 4.33. The highest BCUT2D eigenvalue weighted by Crippen LogP contribution is 2.16. The normalized spacial score (nSPS) is 10.9. The van der Waals surface area contributed by atoms with Crippen molar-refractivity contribution in [3.63, 3.8) is 0 Å². The van der Waals surface area contributed by atoms with Crippen LogP contribution >= 0.6 is 11.3 Å². The van der Waals surface area contributed by atoms with Crippen LogP contribution in [0.2, 0.25) is 0 Å². The van der Waals surface area contributed by atoms with Gasteiger partial charge < -0.3 is 15.6 Å². The molecule has 0 atom stereocenters. The third kappa shape index (κ3) is 3.32. The molecular formula is C16H18N3OS+. The Labute approximate surface area is 127 Å². The number of thiophene rings is 1. The van der Waals surface area contributed by atoms with E-state index in [0.717, 1.165) is 18.0 Å². The first-order valence-corrected chi connectivity index (χ1v) is 7.91. The number of nitrogens with one attached hydrogen (secondary N) is 2. The van der Waals surface area contributed by atoms with Gasteiger partial charge in [0.1, 0.15) is 6.54 Å². The zero-order valence-corrected chi connectivity index (χ0v) is 12.5. The van der Waals surface area contributed by atoms with Crippen LogP contribution in [0, 0.1) is 0 Å². The molecule has 3 aromatic rings. The predicted octanol–water partition coefficient (Wildman–Crippen LogP) is 1.72. The third-order valence-electron chi connectivity index (χ3n) is 3.42. The Morgan fingerprint density at radius 2 is 2.14 bits per heavy atom. The number of hydrogen-bond donors (Lipinski definition) is 3. The number of amides is 1. The van der Waals surface area contributed by atoms with Crippen LogP contribution in [-0.2, 0) is 6.54 Å². The highest BCUT2D eigenvalue weighted by Gasteiger charge is 2.06. The lowest BCUT2D eigenvalue weighted by Gasteiger charge is -2.03. The largest absolute Gasteiger partial charge is 0.361 e. The number of carbonyl (C=O) groups excluding carboxylic acids is 1. The molecule has 0 aliphatic carbocycles. The number of aromatic amines is 1. The Morgan fingerprint density at radius 3 is 3.00 bits per heavy atom. The van der Waals surface area contributed by atoms with Crippen LogP contribution in [0.3, 0.4) is 0 Å². The maximum absolute atomic E-state index is 11.8. The van der Waals surface area contributed by atoms with Gasteiger partial charge in [0, 0.05) is 22.7 Å². The van der Waals surface area contributed by atoms with Gasteiger partial charge in [-0.2, -0.15) is 0 Å². The van der Waals surface area contributed by atoms with E-state index in [1.54, 1.807) is 0 Å². The number of benzene rings is 1. The molecule has 2 aromatic heterocycles. The summed E-state index contributed by atoms with van der Waals surface area (Å²) in [6.45, 7) is 2.47. The molecule has 1 amide bonds. The van der Waals surface area contributed by atoms with Crippen molar-refractivity contribution in [1.29, 1.82) is 0 Å². The number of rotatable bonds is 6. The molecule has 4 N–H and O–H groups in total. The molecule has 0 aliphatic heterocycles. The monoisotopic (exact) mass is 300 g/mol. The fraction of sp³-hybridized carbons (Fsp3) is 0.188. The zero-order valence-electron chi connectivity index (χ0n) is 11.6. The fourth-order valence-corrected chi connectivity index (χ4v) is 2.98. The van der Waals surface area contributed by atoms with Crippen molar-refractivity contribution in [1.82, 2.24) is 10.3 Å². The highest BCUT2D eigenvalue weighted by molar-refractivity contribution is 7.12. The quantitative estimate of drug-likeness (QED) is 0.596. The van der Waals surface area contributed by atoms with Gasteiger partial charge in [0.05, 0.1) is 18.0 Å². The molecule has 0 saturated heterocycles. The average Bonchev–Trinajstić information content (AvgIpc) is 3.16. The van der Waals surface area contributed by atoms with Crippen molar-refractivity contribution < 1.29 is 10.1 Å². The van der Waals surface area contributed by atoms with Gasteiger partial charge in [-0.3, -0.25) is 4.79 Å².